The van der Waals surface area contributed by atoms with Crippen LogP contribution in [0, 0.1) is 0 Å². The van der Waals surface area contributed by atoms with E-state index in [9.17, 15) is 9.59 Å². The number of hydrazone groups is 1. The number of rotatable bonds is 5. The van der Waals surface area contributed by atoms with Crippen LogP contribution in [0.4, 0.5) is 0 Å². The fourth-order valence-electron chi connectivity index (χ4n) is 3.79. The highest BCUT2D eigenvalue weighted by molar-refractivity contribution is 9.10. The lowest BCUT2D eigenvalue weighted by Crippen LogP contribution is -2.44. The Kier molecular flexibility index (Phi) is 5.57. The lowest BCUT2D eigenvalue weighted by molar-refractivity contribution is -0.133. The van der Waals surface area contributed by atoms with Crippen molar-refractivity contribution in [2.75, 3.05) is 13.1 Å². The van der Waals surface area contributed by atoms with Crippen molar-refractivity contribution in [3.05, 3.63) is 70.2 Å². The van der Waals surface area contributed by atoms with Gasteiger partial charge >= 0.3 is 0 Å². The van der Waals surface area contributed by atoms with E-state index in [1.165, 1.54) is 0 Å². The number of likely N-dealkylation sites (tertiary alicyclic amines) is 1. The Labute approximate surface area is 173 Å². The molecule has 1 fully saturated rings. The van der Waals surface area contributed by atoms with Gasteiger partial charge in [-0.15, -0.1) is 0 Å². The van der Waals surface area contributed by atoms with Crippen molar-refractivity contribution in [3.63, 3.8) is 0 Å². The number of hydrogen-bond donors (Lipinski definition) is 0. The number of carbonyl (C=O) groups is 2. The van der Waals surface area contributed by atoms with Crippen LogP contribution in [0.1, 0.15) is 30.4 Å². The summed E-state index contributed by atoms with van der Waals surface area (Å²) < 4.78 is 0.986. The van der Waals surface area contributed by atoms with Gasteiger partial charge in [-0.25, -0.2) is 5.01 Å². The maximum absolute atomic E-state index is 12.8. The molecule has 0 aromatic heterocycles. The van der Waals surface area contributed by atoms with Crippen LogP contribution in [-0.2, 0) is 16.0 Å². The van der Waals surface area contributed by atoms with Crippen molar-refractivity contribution in [2.24, 2.45) is 5.10 Å². The molecule has 2 aromatic carbocycles. The highest BCUT2D eigenvalue weighted by Crippen LogP contribution is 2.25. The smallest absolute Gasteiger partial charge is 0.243 e. The molecule has 1 atom stereocenters. The number of aryl methyl sites for hydroxylation is 1. The molecule has 4 rings (SSSR count). The molecular weight excluding hydrogens is 418 g/mol. The number of benzene rings is 2. The molecular formula is C22H22BrN3O2. The van der Waals surface area contributed by atoms with Crippen LogP contribution in [0.2, 0.25) is 0 Å². The standard InChI is InChI=1S/C22H22BrN3O2/c23-18-11-9-17(10-12-18)22-19(25-14-4-7-20(25)27)15-26(24-22)21(28)13-8-16-5-2-1-3-6-16/h1-3,5-6,9-12,19H,4,7-8,13-15H2. The molecule has 0 aliphatic carbocycles. The molecule has 144 valence electrons. The zero-order valence-electron chi connectivity index (χ0n) is 15.6. The summed E-state index contributed by atoms with van der Waals surface area (Å²) in [5.74, 6) is 0.140. The molecule has 2 aliphatic rings. The van der Waals surface area contributed by atoms with Crippen molar-refractivity contribution in [1.29, 1.82) is 0 Å². The molecule has 2 amide bonds. The third-order valence-electron chi connectivity index (χ3n) is 5.27. The largest absolute Gasteiger partial charge is 0.332 e. The summed E-state index contributed by atoms with van der Waals surface area (Å²) in [6.45, 7) is 1.16. The van der Waals surface area contributed by atoms with Crippen molar-refractivity contribution >= 4 is 33.5 Å². The molecule has 0 saturated carbocycles. The average Bonchev–Trinajstić information content (AvgIpc) is 3.33. The Morgan fingerprint density at radius 2 is 1.86 bits per heavy atom. The first kappa shape index (κ1) is 18.9. The third kappa shape index (κ3) is 4.02. The molecule has 0 radical (unpaired) electrons. The summed E-state index contributed by atoms with van der Waals surface area (Å²) in [4.78, 5) is 27.0. The van der Waals surface area contributed by atoms with Gasteiger partial charge in [-0.2, -0.15) is 5.10 Å². The zero-order chi connectivity index (χ0) is 19.5. The van der Waals surface area contributed by atoms with E-state index in [0.717, 1.165) is 34.3 Å². The number of halogens is 1. The van der Waals surface area contributed by atoms with E-state index in [2.05, 4.69) is 21.0 Å². The van der Waals surface area contributed by atoms with Gasteiger partial charge in [0.25, 0.3) is 0 Å². The van der Waals surface area contributed by atoms with Crippen LogP contribution in [0.25, 0.3) is 0 Å². The van der Waals surface area contributed by atoms with Crippen LogP contribution in [0.15, 0.2) is 64.2 Å². The molecule has 2 heterocycles. The molecule has 0 spiro atoms. The molecule has 0 bridgehead atoms. The van der Waals surface area contributed by atoms with E-state index >= 15 is 0 Å². The summed E-state index contributed by atoms with van der Waals surface area (Å²) in [6.07, 6.45) is 2.53. The van der Waals surface area contributed by atoms with Gasteiger partial charge in [0.05, 0.1) is 18.3 Å². The Morgan fingerprint density at radius 1 is 1.11 bits per heavy atom. The summed E-state index contributed by atoms with van der Waals surface area (Å²) in [7, 11) is 0. The van der Waals surface area contributed by atoms with Crippen molar-refractivity contribution in [3.8, 4) is 0 Å². The van der Waals surface area contributed by atoms with E-state index in [4.69, 9.17) is 0 Å². The van der Waals surface area contributed by atoms with Gasteiger partial charge in [0.1, 0.15) is 0 Å². The molecule has 1 saturated heterocycles. The first-order valence-electron chi connectivity index (χ1n) is 9.60. The van der Waals surface area contributed by atoms with Crippen LogP contribution < -0.4 is 0 Å². The van der Waals surface area contributed by atoms with E-state index < -0.39 is 0 Å². The number of amides is 2. The molecule has 6 heteroatoms. The Hall–Kier alpha value is -2.47. The Morgan fingerprint density at radius 3 is 2.54 bits per heavy atom. The first-order valence-corrected chi connectivity index (χ1v) is 10.4. The molecule has 2 aliphatic heterocycles. The summed E-state index contributed by atoms with van der Waals surface area (Å²) in [5.41, 5.74) is 2.89. The second-order valence-corrected chi connectivity index (χ2v) is 8.08. The topological polar surface area (TPSA) is 53.0 Å². The fraction of sp³-hybridized carbons (Fsp3) is 0.318. The molecule has 5 nitrogen and oxygen atoms in total. The fourth-order valence-corrected chi connectivity index (χ4v) is 4.05. The third-order valence-corrected chi connectivity index (χ3v) is 5.80. The summed E-state index contributed by atoms with van der Waals surface area (Å²) >= 11 is 3.45. The van der Waals surface area contributed by atoms with Gasteiger partial charge < -0.3 is 4.90 Å². The SMILES string of the molecule is O=C(CCc1ccccc1)N1CC(N2CCCC2=O)C(c2ccc(Br)cc2)=N1. The summed E-state index contributed by atoms with van der Waals surface area (Å²) in [5, 5.41) is 6.20. The minimum Gasteiger partial charge on any atom is -0.332 e. The van der Waals surface area contributed by atoms with Crippen LogP contribution in [0.3, 0.4) is 0 Å². The van der Waals surface area contributed by atoms with E-state index in [1.807, 2.05) is 59.5 Å². The van der Waals surface area contributed by atoms with Gasteiger partial charge in [-0.3, -0.25) is 9.59 Å². The second kappa shape index (κ2) is 8.27. The van der Waals surface area contributed by atoms with Crippen molar-refractivity contribution in [2.45, 2.75) is 31.7 Å². The molecule has 1 unspecified atom stereocenters. The maximum Gasteiger partial charge on any atom is 0.243 e. The Bertz CT molecular complexity index is 896. The van der Waals surface area contributed by atoms with Crippen molar-refractivity contribution in [1.82, 2.24) is 9.91 Å². The van der Waals surface area contributed by atoms with Gasteiger partial charge in [-0.1, -0.05) is 58.4 Å². The lowest BCUT2D eigenvalue weighted by atomic mass is 10.0. The average molecular weight is 440 g/mol. The van der Waals surface area contributed by atoms with E-state index in [0.29, 0.717) is 25.8 Å². The number of hydrogen-bond acceptors (Lipinski definition) is 3. The van der Waals surface area contributed by atoms with Gasteiger partial charge in [0.15, 0.2) is 0 Å². The normalized spacial score (nSPS) is 19.2. The van der Waals surface area contributed by atoms with Gasteiger partial charge in [0, 0.05) is 29.4 Å². The maximum atomic E-state index is 12.8. The number of carbonyl (C=O) groups excluding carboxylic acids is 2. The predicted molar refractivity (Wildman–Crippen MR) is 112 cm³/mol. The Balaban J connectivity index is 1.54. The highest BCUT2D eigenvalue weighted by atomic mass is 79.9. The van der Waals surface area contributed by atoms with Crippen LogP contribution in [-0.4, -0.2) is 46.6 Å². The van der Waals surface area contributed by atoms with E-state index in [-0.39, 0.29) is 17.9 Å². The second-order valence-electron chi connectivity index (χ2n) is 7.16. The van der Waals surface area contributed by atoms with Gasteiger partial charge in [0.2, 0.25) is 11.8 Å². The van der Waals surface area contributed by atoms with Crippen molar-refractivity contribution < 1.29 is 9.59 Å². The minimum atomic E-state index is -0.170. The monoisotopic (exact) mass is 439 g/mol. The lowest BCUT2D eigenvalue weighted by Gasteiger charge is -2.25. The molecule has 28 heavy (non-hydrogen) atoms. The van der Waals surface area contributed by atoms with Crippen LogP contribution in [0.5, 0.6) is 0 Å². The molecule has 0 N–H and O–H groups in total. The van der Waals surface area contributed by atoms with Gasteiger partial charge in [-0.05, 0) is 30.5 Å². The first-order chi connectivity index (χ1) is 13.6. The number of nitrogens with zero attached hydrogens (tertiary/aromatic N) is 3. The minimum absolute atomic E-state index is 0.00684. The highest BCUT2D eigenvalue weighted by Gasteiger charge is 2.38. The molecule has 2 aromatic rings. The zero-order valence-corrected chi connectivity index (χ0v) is 17.1. The van der Waals surface area contributed by atoms with Crippen LogP contribution >= 0.6 is 15.9 Å². The van der Waals surface area contributed by atoms with E-state index in [1.54, 1.807) is 5.01 Å². The summed E-state index contributed by atoms with van der Waals surface area (Å²) in [6, 6.07) is 17.7. The quantitative estimate of drug-likeness (QED) is 0.714. The predicted octanol–water partition coefficient (Wildman–Crippen LogP) is 3.62.